The highest BCUT2D eigenvalue weighted by Crippen LogP contribution is 2.17. The fourth-order valence-corrected chi connectivity index (χ4v) is 2.20. The number of carbonyl (C=O) groups excluding carboxylic acids is 1. The van der Waals surface area contributed by atoms with Gasteiger partial charge in [-0.15, -0.1) is 0 Å². The molecule has 0 spiro atoms. The third-order valence-corrected chi connectivity index (χ3v) is 3.65. The summed E-state index contributed by atoms with van der Waals surface area (Å²) in [4.78, 5) is 12.2. The van der Waals surface area contributed by atoms with E-state index in [4.69, 9.17) is 4.74 Å². The summed E-state index contributed by atoms with van der Waals surface area (Å²) in [6.45, 7) is 4.39. The zero-order valence-electron chi connectivity index (χ0n) is 12.4. The summed E-state index contributed by atoms with van der Waals surface area (Å²) in [7, 11) is 3.59. The number of aryl methyl sites for hydroxylation is 1. The largest absolute Gasteiger partial charge is 0.496 e. The van der Waals surface area contributed by atoms with Crippen molar-refractivity contribution in [2.45, 2.75) is 20.4 Å². The van der Waals surface area contributed by atoms with Crippen LogP contribution in [0, 0.1) is 13.8 Å². The van der Waals surface area contributed by atoms with Gasteiger partial charge in [-0.3, -0.25) is 4.79 Å². The molecule has 0 radical (unpaired) electrons. The maximum absolute atomic E-state index is 12.2. The Morgan fingerprint density at radius 1 is 1.30 bits per heavy atom. The van der Waals surface area contributed by atoms with Crippen molar-refractivity contribution in [3.05, 3.63) is 52.8 Å². The summed E-state index contributed by atoms with van der Waals surface area (Å²) in [5, 5.41) is 2.94. The first-order valence-corrected chi connectivity index (χ1v) is 6.57. The van der Waals surface area contributed by atoms with Crippen LogP contribution in [0.25, 0.3) is 0 Å². The van der Waals surface area contributed by atoms with Gasteiger partial charge >= 0.3 is 0 Å². The molecular formula is C16H20N2O2. The summed E-state index contributed by atoms with van der Waals surface area (Å²) >= 11 is 0. The van der Waals surface area contributed by atoms with E-state index >= 15 is 0 Å². The average molecular weight is 272 g/mol. The first kappa shape index (κ1) is 14.2. The molecule has 4 heteroatoms. The van der Waals surface area contributed by atoms with Gasteiger partial charge in [-0.25, -0.2) is 0 Å². The number of methoxy groups -OCH3 is 1. The Bertz CT molecular complexity index is 629. The zero-order valence-corrected chi connectivity index (χ0v) is 12.4. The lowest BCUT2D eigenvalue weighted by Gasteiger charge is -2.09. The molecule has 0 fully saturated rings. The quantitative estimate of drug-likeness (QED) is 0.929. The number of hydrogen-bond acceptors (Lipinski definition) is 2. The minimum atomic E-state index is -0.0582. The van der Waals surface area contributed by atoms with Crippen molar-refractivity contribution in [3.8, 4) is 5.75 Å². The van der Waals surface area contributed by atoms with E-state index in [2.05, 4.69) is 5.32 Å². The van der Waals surface area contributed by atoms with Crippen molar-refractivity contribution in [2.75, 3.05) is 7.11 Å². The summed E-state index contributed by atoms with van der Waals surface area (Å²) in [6, 6.07) is 9.59. The maximum Gasteiger partial charge on any atom is 0.253 e. The number of ether oxygens (including phenoxy) is 1. The lowest BCUT2D eigenvalue weighted by Crippen LogP contribution is -2.23. The topological polar surface area (TPSA) is 43.3 Å². The standard InChI is InChI=1S/C16H20N2O2/c1-11-9-14(12(2)18(11)3)16(19)17-10-13-7-5-6-8-15(13)20-4/h5-9H,10H2,1-4H3,(H,17,19). The molecule has 106 valence electrons. The van der Waals surface area contributed by atoms with E-state index in [1.807, 2.05) is 55.8 Å². The molecule has 1 aromatic carbocycles. The van der Waals surface area contributed by atoms with Crippen LogP contribution in [0.4, 0.5) is 0 Å². The number of carbonyl (C=O) groups is 1. The van der Waals surface area contributed by atoms with E-state index in [9.17, 15) is 4.79 Å². The molecule has 0 aliphatic heterocycles. The number of rotatable bonds is 4. The van der Waals surface area contributed by atoms with Crippen molar-refractivity contribution in [3.63, 3.8) is 0 Å². The number of benzene rings is 1. The predicted molar refractivity (Wildman–Crippen MR) is 79.1 cm³/mol. The SMILES string of the molecule is COc1ccccc1CNC(=O)c1cc(C)n(C)c1C. The maximum atomic E-state index is 12.2. The second-order valence-corrected chi connectivity index (χ2v) is 4.84. The van der Waals surface area contributed by atoms with Crippen LogP contribution >= 0.6 is 0 Å². The smallest absolute Gasteiger partial charge is 0.253 e. The number of amides is 1. The minimum Gasteiger partial charge on any atom is -0.496 e. The van der Waals surface area contributed by atoms with Crippen molar-refractivity contribution in [1.29, 1.82) is 0 Å². The van der Waals surface area contributed by atoms with E-state index in [-0.39, 0.29) is 5.91 Å². The highest BCUT2D eigenvalue weighted by molar-refractivity contribution is 5.95. The Kier molecular flexibility index (Phi) is 4.13. The number of nitrogens with zero attached hydrogens (tertiary/aromatic N) is 1. The highest BCUT2D eigenvalue weighted by atomic mass is 16.5. The van der Waals surface area contributed by atoms with Crippen molar-refractivity contribution in [2.24, 2.45) is 7.05 Å². The third kappa shape index (κ3) is 2.69. The van der Waals surface area contributed by atoms with Gasteiger partial charge in [0, 0.05) is 30.5 Å². The molecular weight excluding hydrogens is 252 g/mol. The van der Waals surface area contributed by atoms with Gasteiger partial charge < -0.3 is 14.6 Å². The first-order chi connectivity index (χ1) is 9.54. The molecule has 0 aliphatic carbocycles. The zero-order chi connectivity index (χ0) is 14.7. The van der Waals surface area contributed by atoms with Gasteiger partial charge in [0.2, 0.25) is 0 Å². The summed E-state index contributed by atoms with van der Waals surface area (Å²) in [6.07, 6.45) is 0. The first-order valence-electron chi connectivity index (χ1n) is 6.57. The van der Waals surface area contributed by atoms with Crippen LogP contribution in [0.2, 0.25) is 0 Å². The normalized spacial score (nSPS) is 10.4. The van der Waals surface area contributed by atoms with Gasteiger partial charge in [-0.1, -0.05) is 18.2 Å². The molecule has 1 heterocycles. The fourth-order valence-electron chi connectivity index (χ4n) is 2.20. The molecule has 2 rings (SSSR count). The minimum absolute atomic E-state index is 0.0582. The van der Waals surface area contributed by atoms with Gasteiger partial charge in [-0.05, 0) is 26.0 Å². The number of para-hydroxylation sites is 1. The Balaban J connectivity index is 2.11. The molecule has 0 unspecified atom stereocenters. The monoisotopic (exact) mass is 272 g/mol. The van der Waals surface area contributed by atoms with E-state index in [1.165, 1.54) is 0 Å². The van der Waals surface area contributed by atoms with Crippen molar-refractivity contribution >= 4 is 5.91 Å². The van der Waals surface area contributed by atoms with Crippen LogP contribution < -0.4 is 10.1 Å². The third-order valence-electron chi connectivity index (χ3n) is 3.65. The lowest BCUT2D eigenvalue weighted by molar-refractivity contribution is 0.0950. The van der Waals surface area contributed by atoms with Gasteiger partial charge in [-0.2, -0.15) is 0 Å². The van der Waals surface area contributed by atoms with Crippen molar-refractivity contribution in [1.82, 2.24) is 9.88 Å². The molecule has 0 bridgehead atoms. The molecule has 20 heavy (non-hydrogen) atoms. The fraction of sp³-hybridized carbons (Fsp3) is 0.312. The molecule has 1 amide bonds. The van der Waals surface area contributed by atoms with Crippen LogP contribution in [-0.4, -0.2) is 17.6 Å². The second kappa shape index (κ2) is 5.82. The van der Waals surface area contributed by atoms with Gasteiger partial charge in [0.25, 0.3) is 5.91 Å². The summed E-state index contributed by atoms with van der Waals surface area (Å²) in [5.74, 6) is 0.728. The van der Waals surface area contributed by atoms with Crippen molar-refractivity contribution < 1.29 is 9.53 Å². The Morgan fingerprint density at radius 2 is 2.00 bits per heavy atom. The van der Waals surface area contributed by atoms with Crippen LogP contribution in [0.1, 0.15) is 27.3 Å². The Hall–Kier alpha value is -2.23. The molecule has 0 saturated carbocycles. The van der Waals surface area contributed by atoms with Crippen LogP contribution in [0.3, 0.4) is 0 Å². The van der Waals surface area contributed by atoms with Crippen LogP contribution in [0.5, 0.6) is 5.75 Å². The van der Waals surface area contributed by atoms with Gasteiger partial charge in [0.05, 0.1) is 12.7 Å². The number of aromatic nitrogens is 1. The highest BCUT2D eigenvalue weighted by Gasteiger charge is 2.14. The molecule has 0 atom stereocenters. The van der Waals surface area contributed by atoms with E-state index in [0.29, 0.717) is 6.54 Å². The van der Waals surface area contributed by atoms with Crippen LogP contribution in [0.15, 0.2) is 30.3 Å². The van der Waals surface area contributed by atoms with Crippen LogP contribution in [-0.2, 0) is 13.6 Å². The molecule has 2 aromatic rings. The predicted octanol–water partition coefficient (Wildman–Crippen LogP) is 2.58. The average Bonchev–Trinajstić information content (AvgIpc) is 2.72. The van der Waals surface area contributed by atoms with E-state index < -0.39 is 0 Å². The summed E-state index contributed by atoms with van der Waals surface area (Å²) < 4.78 is 7.29. The van der Waals surface area contributed by atoms with Gasteiger partial charge in [0.15, 0.2) is 0 Å². The second-order valence-electron chi connectivity index (χ2n) is 4.84. The lowest BCUT2D eigenvalue weighted by atomic mass is 10.2. The summed E-state index contributed by atoms with van der Waals surface area (Å²) in [5.41, 5.74) is 3.73. The number of hydrogen-bond donors (Lipinski definition) is 1. The Labute approximate surface area is 119 Å². The molecule has 0 aliphatic rings. The van der Waals surface area contributed by atoms with E-state index in [1.54, 1.807) is 7.11 Å². The number of nitrogens with one attached hydrogen (secondary N) is 1. The molecule has 4 nitrogen and oxygen atoms in total. The molecule has 1 N–H and O–H groups in total. The van der Waals surface area contributed by atoms with Gasteiger partial charge in [0.1, 0.15) is 5.75 Å². The molecule has 1 aromatic heterocycles. The van der Waals surface area contributed by atoms with E-state index in [0.717, 1.165) is 28.3 Å². The Morgan fingerprint density at radius 3 is 2.60 bits per heavy atom. The molecule has 0 saturated heterocycles.